The predicted octanol–water partition coefficient (Wildman–Crippen LogP) is 2.50. The van der Waals surface area contributed by atoms with Gasteiger partial charge in [0, 0.05) is 17.0 Å². The van der Waals surface area contributed by atoms with Crippen LogP contribution in [0.25, 0.3) is 11.1 Å². The van der Waals surface area contributed by atoms with Crippen molar-refractivity contribution in [3.05, 3.63) is 41.2 Å². The van der Waals surface area contributed by atoms with Crippen LogP contribution in [0.1, 0.15) is 5.69 Å². The molecule has 2 N–H and O–H groups in total. The van der Waals surface area contributed by atoms with Crippen LogP contribution in [0, 0.1) is 0 Å². The topological polar surface area (TPSA) is 52.0 Å². The maximum atomic E-state index is 5.81. The minimum Gasteiger partial charge on any atom is -0.364 e. The lowest BCUT2D eigenvalue weighted by molar-refractivity contribution is 0.412. The number of aromatic nitrogens is 1. The van der Waals surface area contributed by atoms with Gasteiger partial charge in [-0.1, -0.05) is 28.9 Å². The number of nitrogens with two attached hydrogens (primary N) is 1. The molecule has 0 atom stereocenters. The highest BCUT2D eigenvalue weighted by molar-refractivity contribution is 6.30. The van der Waals surface area contributed by atoms with E-state index in [9.17, 15) is 0 Å². The van der Waals surface area contributed by atoms with Gasteiger partial charge < -0.3 is 10.3 Å². The van der Waals surface area contributed by atoms with Crippen LogP contribution in [-0.2, 0) is 6.42 Å². The molecule has 0 amide bonds. The Morgan fingerprint density at radius 1 is 1.27 bits per heavy atom. The van der Waals surface area contributed by atoms with Gasteiger partial charge in [-0.2, -0.15) is 0 Å². The van der Waals surface area contributed by atoms with E-state index in [0.29, 0.717) is 13.0 Å². The van der Waals surface area contributed by atoms with Crippen LogP contribution in [0.4, 0.5) is 0 Å². The normalized spacial score (nSPS) is 10.5. The first-order chi connectivity index (χ1) is 7.31. The maximum absolute atomic E-state index is 5.81. The van der Waals surface area contributed by atoms with E-state index >= 15 is 0 Å². The first-order valence-electron chi connectivity index (χ1n) is 4.70. The van der Waals surface area contributed by atoms with Gasteiger partial charge in [0.15, 0.2) is 0 Å². The second-order valence-electron chi connectivity index (χ2n) is 3.22. The van der Waals surface area contributed by atoms with E-state index in [1.807, 2.05) is 24.3 Å². The summed E-state index contributed by atoms with van der Waals surface area (Å²) in [7, 11) is 0. The van der Waals surface area contributed by atoms with Crippen LogP contribution in [0.3, 0.4) is 0 Å². The van der Waals surface area contributed by atoms with Crippen LogP contribution >= 0.6 is 11.6 Å². The van der Waals surface area contributed by atoms with Crippen LogP contribution < -0.4 is 5.73 Å². The van der Waals surface area contributed by atoms with Crippen LogP contribution in [0.2, 0.25) is 5.02 Å². The molecule has 0 aliphatic rings. The number of hydrogen-bond acceptors (Lipinski definition) is 3. The van der Waals surface area contributed by atoms with Crippen molar-refractivity contribution < 1.29 is 4.52 Å². The third kappa shape index (κ3) is 2.19. The molecule has 2 aromatic rings. The number of rotatable bonds is 3. The minimum atomic E-state index is 0.563. The number of benzene rings is 1. The van der Waals surface area contributed by atoms with Crippen LogP contribution in [-0.4, -0.2) is 11.7 Å². The molecule has 0 saturated heterocycles. The fourth-order valence-corrected chi connectivity index (χ4v) is 1.57. The van der Waals surface area contributed by atoms with E-state index in [4.69, 9.17) is 21.9 Å². The lowest BCUT2D eigenvalue weighted by Gasteiger charge is -1.99. The van der Waals surface area contributed by atoms with Gasteiger partial charge >= 0.3 is 0 Å². The SMILES string of the molecule is NCCc1nocc1-c1ccc(Cl)cc1. The maximum Gasteiger partial charge on any atom is 0.131 e. The zero-order valence-electron chi connectivity index (χ0n) is 8.11. The fourth-order valence-electron chi connectivity index (χ4n) is 1.44. The molecule has 78 valence electrons. The smallest absolute Gasteiger partial charge is 0.131 e. The Bertz CT molecular complexity index is 436. The quantitative estimate of drug-likeness (QED) is 0.868. The lowest BCUT2D eigenvalue weighted by Crippen LogP contribution is -2.03. The molecule has 1 heterocycles. The molecule has 0 spiro atoms. The summed E-state index contributed by atoms with van der Waals surface area (Å²) in [6.45, 7) is 0.563. The number of nitrogens with zero attached hydrogens (tertiary/aromatic N) is 1. The highest BCUT2D eigenvalue weighted by Crippen LogP contribution is 2.24. The van der Waals surface area contributed by atoms with Crippen molar-refractivity contribution >= 4 is 11.6 Å². The molecular formula is C11H11ClN2O. The first kappa shape index (κ1) is 10.2. The summed E-state index contributed by atoms with van der Waals surface area (Å²) in [4.78, 5) is 0. The summed E-state index contributed by atoms with van der Waals surface area (Å²) >= 11 is 5.81. The van der Waals surface area contributed by atoms with E-state index in [-0.39, 0.29) is 0 Å². The van der Waals surface area contributed by atoms with E-state index in [1.165, 1.54) is 0 Å². The fraction of sp³-hybridized carbons (Fsp3) is 0.182. The van der Waals surface area contributed by atoms with Crippen molar-refractivity contribution in [2.24, 2.45) is 5.73 Å². The van der Waals surface area contributed by atoms with Gasteiger partial charge in [0.05, 0.1) is 5.69 Å². The third-order valence-corrected chi connectivity index (χ3v) is 2.43. The van der Waals surface area contributed by atoms with Gasteiger partial charge in [0.1, 0.15) is 6.26 Å². The summed E-state index contributed by atoms with van der Waals surface area (Å²) < 4.78 is 4.94. The van der Waals surface area contributed by atoms with Crippen molar-refractivity contribution in [2.45, 2.75) is 6.42 Å². The standard InChI is InChI=1S/C11H11ClN2O/c12-9-3-1-8(2-4-9)10-7-15-14-11(10)5-6-13/h1-4,7H,5-6,13H2. The monoisotopic (exact) mass is 222 g/mol. The molecule has 1 aromatic carbocycles. The molecule has 0 saturated carbocycles. The second-order valence-corrected chi connectivity index (χ2v) is 3.66. The molecule has 0 fully saturated rings. The molecular weight excluding hydrogens is 212 g/mol. The molecule has 0 unspecified atom stereocenters. The van der Waals surface area contributed by atoms with Gasteiger partial charge in [-0.15, -0.1) is 0 Å². The van der Waals surface area contributed by atoms with Crippen molar-refractivity contribution in [3.63, 3.8) is 0 Å². The van der Waals surface area contributed by atoms with E-state index in [2.05, 4.69) is 5.16 Å². The summed E-state index contributed by atoms with van der Waals surface area (Å²) in [5.74, 6) is 0. The predicted molar refractivity (Wildman–Crippen MR) is 59.7 cm³/mol. The Labute approximate surface area is 92.8 Å². The Morgan fingerprint density at radius 2 is 2.00 bits per heavy atom. The van der Waals surface area contributed by atoms with Gasteiger partial charge in [-0.3, -0.25) is 0 Å². The van der Waals surface area contributed by atoms with E-state index in [0.717, 1.165) is 21.8 Å². The summed E-state index contributed by atoms with van der Waals surface area (Å²) in [5, 5.41) is 4.63. The van der Waals surface area contributed by atoms with Crippen molar-refractivity contribution in [2.75, 3.05) is 6.54 Å². The van der Waals surface area contributed by atoms with E-state index < -0.39 is 0 Å². The van der Waals surface area contributed by atoms with Gasteiger partial charge in [-0.25, -0.2) is 0 Å². The minimum absolute atomic E-state index is 0.563. The Kier molecular flexibility index (Phi) is 3.04. The molecule has 1 aromatic heterocycles. The Morgan fingerprint density at radius 3 is 2.67 bits per heavy atom. The first-order valence-corrected chi connectivity index (χ1v) is 5.08. The molecule has 15 heavy (non-hydrogen) atoms. The average molecular weight is 223 g/mol. The Hall–Kier alpha value is -1.32. The van der Waals surface area contributed by atoms with Crippen LogP contribution in [0.15, 0.2) is 35.1 Å². The zero-order chi connectivity index (χ0) is 10.7. The summed E-state index contributed by atoms with van der Waals surface area (Å²) in [5.41, 5.74) is 8.41. The number of halogens is 1. The molecule has 0 aliphatic heterocycles. The zero-order valence-corrected chi connectivity index (χ0v) is 8.87. The molecule has 0 aliphatic carbocycles. The summed E-state index contributed by atoms with van der Waals surface area (Å²) in [6, 6.07) is 7.57. The van der Waals surface area contributed by atoms with E-state index in [1.54, 1.807) is 6.26 Å². The van der Waals surface area contributed by atoms with Crippen molar-refractivity contribution in [1.82, 2.24) is 5.16 Å². The molecule has 0 bridgehead atoms. The molecule has 0 radical (unpaired) electrons. The molecule has 2 rings (SSSR count). The van der Waals surface area contributed by atoms with Gasteiger partial charge in [0.25, 0.3) is 0 Å². The molecule has 3 nitrogen and oxygen atoms in total. The second kappa shape index (κ2) is 4.47. The highest BCUT2D eigenvalue weighted by Gasteiger charge is 2.08. The highest BCUT2D eigenvalue weighted by atomic mass is 35.5. The Balaban J connectivity index is 2.36. The average Bonchev–Trinajstić information content (AvgIpc) is 2.68. The van der Waals surface area contributed by atoms with Gasteiger partial charge in [-0.05, 0) is 24.2 Å². The van der Waals surface area contributed by atoms with Crippen molar-refractivity contribution in [1.29, 1.82) is 0 Å². The van der Waals surface area contributed by atoms with Crippen molar-refractivity contribution in [3.8, 4) is 11.1 Å². The molecule has 4 heteroatoms. The van der Waals surface area contributed by atoms with Crippen LogP contribution in [0.5, 0.6) is 0 Å². The largest absolute Gasteiger partial charge is 0.364 e. The third-order valence-electron chi connectivity index (χ3n) is 2.18. The summed E-state index contributed by atoms with van der Waals surface area (Å²) in [6.07, 6.45) is 2.35. The van der Waals surface area contributed by atoms with Gasteiger partial charge in [0.2, 0.25) is 0 Å². The number of hydrogen-bond donors (Lipinski definition) is 1. The lowest BCUT2D eigenvalue weighted by atomic mass is 10.1.